The number of methoxy groups -OCH3 is 1. The highest BCUT2D eigenvalue weighted by atomic mass is 35.5. The maximum Gasteiger partial charge on any atom is 0.255 e. The molecule has 106 valence electrons. The molecule has 19 heavy (non-hydrogen) atoms. The van der Waals surface area contributed by atoms with Crippen LogP contribution in [-0.4, -0.2) is 31.3 Å². The van der Waals surface area contributed by atoms with Gasteiger partial charge < -0.3 is 15.2 Å². The van der Waals surface area contributed by atoms with Crippen molar-refractivity contribution in [3.05, 3.63) is 28.8 Å². The smallest absolute Gasteiger partial charge is 0.255 e. The predicted molar refractivity (Wildman–Crippen MR) is 75.7 cm³/mol. The average Bonchev–Trinajstić information content (AvgIpc) is 2.36. The van der Waals surface area contributed by atoms with Crippen LogP contribution in [0.1, 0.15) is 30.6 Å². The molecule has 1 aromatic carbocycles. The van der Waals surface area contributed by atoms with E-state index in [0.29, 0.717) is 18.2 Å². The number of phenolic OH excluding ortho intramolecular Hbond substituents is 1. The SMILES string of the molecule is COCCC(C)(C)CNC(=O)c1cc(Cl)ccc1O. The van der Waals surface area contributed by atoms with Gasteiger partial charge in [0.05, 0.1) is 5.56 Å². The van der Waals surface area contributed by atoms with Crippen molar-refractivity contribution >= 4 is 17.5 Å². The highest BCUT2D eigenvalue weighted by molar-refractivity contribution is 6.31. The Labute approximate surface area is 118 Å². The molecule has 0 atom stereocenters. The molecule has 4 nitrogen and oxygen atoms in total. The van der Waals surface area contributed by atoms with E-state index in [2.05, 4.69) is 5.32 Å². The maximum atomic E-state index is 12.0. The molecule has 0 bridgehead atoms. The summed E-state index contributed by atoms with van der Waals surface area (Å²) in [7, 11) is 1.65. The minimum absolute atomic E-state index is 0.0696. The van der Waals surface area contributed by atoms with Crippen LogP contribution in [0.5, 0.6) is 5.75 Å². The molecule has 0 aliphatic carbocycles. The normalized spacial score (nSPS) is 11.4. The van der Waals surface area contributed by atoms with Gasteiger partial charge in [0.2, 0.25) is 0 Å². The van der Waals surface area contributed by atoms with Crippen LogP contribution in [0.4, 0.5) is 0 Å². The summed E-state index contributed by atoms with van der Waals surface area (Å²) >= 11 is 5.81. The van der Waals surface area contributed by atoms with Gasteiger partial charge in [-0.3, -0.25) is 4.79 Å². The van der Waals surface area contributed by atoms with Gasteiger partial charge >= 0.3 is 0 Å². The largest absolute Gasteiger partial charge is 0.507 e. The number of ether oxygens (including phenoxy) is 1. The number of aromatic hydroxyl groups is 1. The highest BCUT2D eigenvalue weighted by Gasteiger charge is 2.20. The molecule has 1 aromatic rings. The number of amides is 1. The molecule has 1 amide bonds. The molecule has 0 saturated heterocycles. The Kier molecular flexibility index (Phi) is 5.63. The van der Waals surface area contributed by atoms with Crippen LogP contribution >= 0.6 is 11.6 Å². The lowest BCUT2D eigenvalue weighted by atomic mass is 9.89. The molecule has 5 heteroatoms. The van der Waals surface area contributed by atoms with Crippen molar-refractivity contribution in [3.63, 3.8) is 0 Å². The van der Waals surface area contributed by atoms with E-state index >= 15 is 0 Å². The quantitative estimate of drug-likeness (QED) is 0.845. The lowest BCUT2D eigenvalue weighted by Crippen LogP contribution is -2.34. The van der Waals surface area contributed by atoms with Crippen LogP contribution in [-0.2, 0) is 4.74 Å². The minimum Gasteiger partial charge on any atom is -0.507 e. The lowest BCUT2D eigenvalue weighted by Gasteiger charge is -2.24. The number of phenols is 1. The van der Waals surface area contributed by atoms with Gasteiger partial charge in [0.15, 0.2) is 0 Å². The van der Waals surface area contributed by atoms with E-state index in [4.69, 9.17) is 16.3 Å². The van der Waals surface area contributed by atoms with Gasteiger partial charge in [-0.15, -0.1) is 0 Å². The second kappa shape index (κ2) is 6.78. The number of carbonyl (C=O) groups is 1. The number of carbonyl (C=O) groups excluding carboxylic acids is 1. The zero-order chi connectivity index (χ0) is 14.5. The van der Waals surface area contributed by atoms with Gasteiger partial charge in [-0.1, -0.05) is 25.4 Å². The maximum absolute atomic E-state index is 12.0. The Bertz CT molecular complexity index is 446. The molecule has 0 aromatic heterocycles. The Hall–Kier alpha value is -1.26. The first-order valence-electron chi connectivity index (χ1n) is 6.11. The van der Waals surface area contributed by atoms with Gasteiger partial charge in [-0.05, 0) is 30.0 Å². The van der Waals surface area contributed by atoms with Crippen LogP contribution in [0.3, 0.4) is 0 Å². The van der Waals surface area contributed by atoms with Crippen LogP contribution in [0.2, 0.25) is 5.02 Å². The van der Waals surface area contributed by atoms with Gasteiger partial charge in [0.1, 0.15) is 5.75 Å². The fraction of sp³-hybridized carbons (Fsp3) is 0.500. The van der Waals surface area contributed by atoms with Gasteiger partial charge in [0.25, 0.3) is 5.91 Å². The van der Waals surface area contributed by atoms with Crippen molar-refractivity contribution in [2.45, 2.75) is 20.3 Å². The van der Waals surface area contributed by atoms with Gasteiger partial charge in [-0.25, -0.2) is 0 Å². The van der Waals surface area contributed by atoms with E-state index < -0.39 is 0 Å². The van der Waals surface area contributed by atoms with Crippen LogP contribution in [0, 0.1) is 5.41 Å². The summed E-state index contributed by atoms with van der Waals surface area (Å²) in [5, 5.41) is 12.9. The predicted octanol–water partition coefficient (Wildman–Crippen LogP) is 2.84. The van der Waals surface area contributed by atoms with Crippen molar-refractivity contribution in [1.82, 2.24) is 5.32 Å². The fourth-order valence-electron chi connectivity index (χ4n) is 1.57. The molecule has 0 saturated carbocycles. The number of halogens is 1. The van der Waals surface area contributed by atoms with Crippen LogP contribution in [0.25, 0.3) is 0 Å². The summed E-state index contributed by atoms with van der Waals surface area (Å²) in [5.74, 6) is -0.401. The average molecular weight is 286 g/mol. The first kappa shape index (κ1) is 15.8. The number of hydrogen-bond donors (Lipinski definition) is 2. The van der Waals surface area contributed by atoms with Crippen LogP contribution in [0.15, 0.2) is 18.2 Å². The molecule has 0 radical (unpaired) electrons. The first-order chi connectivity index (χ1) is 8.85. The zero-order valence-corrected chi connectivity index (χ0v) is 12.3. The number of hydrogen-bond acceptors (Lipinski definition) is 3. The Morgan fingerprint density at radius 1 is 1.47 bits per heavy atom. The molecule has 0 spiro atoms. The summed E-state index contributed by atoms with van der Waals surface area (Å²) in [6.45, 7) is 5.24. The van der Waals surface area contributed by atoms with Crippen molar-refractivity contribution in [2.75, 3.05) is 20.3 Å². The van der Waals surface area contributed by atoms with E-state index in [1.807, 2.05) is 13.8 Å². The molecule has 0 aliphatic heterocycles. The standard InChI is InChI=1S/C14H20ClNO3/c1-14(2,6-7-19-3)9-16-13(18)11-8-10(15)4-5-12(11)17/h4-5,8,17H,6-7,9H2,1-3H3,(H,16,18). The van der Waals surface area contributed by atoms with Gasteiger partial charge in [-0.2, -0.15) is 0 Å². The molecule has 1 rings (SSSR count). The van der Waals surface area contributed by atoms with Gasteiger partial charge in [0, 0.05) is 25.3 Å². The topological polar surface area (TPSA) is 58.6 Å². The number of benzene rings is 1. The van der Waals surface area contributed by atoms with Crippen LogP contribution < -0.4 is 5.32 Å². The monoisotopic (exact) mass is 285 g/mol. The molecule has 2 N–H and O–H groups in total. The second-order valence-electron chi connectivity index (χ2n) is 5.25. The lowest BCUT2D eigenvalue weighted by molar-refractivity contribution is 0.0918. The van der Waals surface area contributed by atoms with Crippen molar-refractivity contribution in [1.29, 1.82) is 0 Å². The highest BCUT2D eigenvalue weighted by Crippen LogP contribution is 2.22. The van der Waals surface area contributed by atoms with E-state index in [9.17, 15) is 9.90 Å². The fourth-order valence-corrected chi connectivity index (χ4v) is 1.74. The molecule has 0 fully saturated rings. The van der Waals surface area contributed by atoms with Crippen molar-refractivity contribution in [3.8, 4) is 5.75 Å². The molecular weight excluding hydrogens is 266 g/mol. The van der Waals surface area contributed by atoms with Crippen molar-refractivity contribution in [2.24, 2.45) is 5.41 Å². The summed E-state index contributed by atoms with van der Waals surface area (Å²) < 4.78 is 5.03. The number of rotatable bonds is 6. The Morgan fingerprint density at radius 3 is 2.79 bits per heavy atom. The number of nitrogens with one attached hydrogen (secondary N) is 1. The van der Waals surface area contributed by atoms with E-state index in [1.54, 1.807) is 7.11 Å². The van der Waals surface area contributed by atoms with E-state index in [1.165, 1.54) is 18.2 Å². The Morgan fingerprint density at radius 2 is 2.16 bits per heavy atom. The third-order valence-corrected chi connectivity index (χ3v) is 3.15. The summed E-state index contributed by atoms with van der Waals surface area (Å²) in [5.41, 5.74) is 0.120. The second-order valence-corrected chi connectivity index (χ2v) is 5.69. The van der Waals surface area contributed by atoms with E-state index in [0.717, 1.165) is 6.42 Å². The molecular formula is C14H20ClNO3. The van der Waals surface area contributed by atoms with E-state index in [-0.39, 0.29) is 22.6 Å². The van der Waals surface area contributed by atoms with Crippen molar-refractivity contribution < 1.29 is 14.6 Å². The third-order valence-electron chi connectivity index (χ3n) is 2.91. The summed E-state index contributed by atoms with van der Waals surface area (Å²) in [4.78, 5) is 12.0. The first-order valence-corrected chi connectivity index (χ1v) is 6.49. The molecule has 0 heterocycles. The zero-order valence-electron chi connectivity index (χ0n) is 11.5. The summed E-state index contributed by atoms with van der Waals surface area (Å²) in [6, 6.07) is 4.40. The third kappa shape index (κ3) is 5.09. The Balaban J connectivity index is 2.62. The minimum atomic E-state index is -0.328. The molecule has 0 aliphatic rings. The molecule has 0 unspecified atom stereocenters. The summed E-state index contributed by atoms with van der Waals surface area (Å²) in [6.07, 6.45) is 0.839.